The molecular weight excluding hydrogens is 334 g/mol. The fourth-order valence-corrected chi connectivity index (χ4v) is 3.43. The third-order valence-electron chi connectivity index (χ3n) is 4.79. The van der Waals surface area contributed by atoms with Gasteiger partial charge in [0.05, 0.1) is 31.1 Å². The molecule has 2 atom stereocenters. The molecular formula is C17H23N7O2. The highest BCUT2D eigenvalue weighted by Gasteiger charge is 2.32. The fourth-order valence-electron chi connectivity index (χ4n) is 3.43. The third-order valence-corrected chi connectivity index (χ3v) is 4.79. The van der Waals surface area contributed by atoms with Crippen LogP contribution in [0.25, 0.3) is 0 Å². The second kappa shape index (κ2) is 7.38. The second-order valence-electron chi connectivity index (χ2n) is 6.56. The summed E-state index contributed by atoms with van der Waals surface area (Å²) in [6.45, 7) is 2.47. The summed E-state index contributed by atoms with van der Waals surface area (Å²) in [6.07, 6.45) is 4.47. The van der Waals surface area contributed by atoms with Crippen molar-refractivity contribution < 1.29 is 9.84 Å². The Morgan fingerprint density at radius 2 is 2.27 bits per heavy atom. The molecule has 2 aromatic rings. The Hall–Kier alpha value is -2.52. The highest BCUT2D eigenvalue weighted by Crippen LogP contribution is 2.25. The van der Waals surface area contributed by atoms with Gasteiger partial charge in [0.2, 0.25) is 5.95 Å². The number of aromatic nitrogens is 4. The number of aliphatic hydroxyl groups excluding tert-OH is 1. The van der Waals surface area contributed by atoms with E-state index in [9.17, 15) is 5.11 Å². The molecule has 3 N–H and O–H groups in total. The number of ether oxygens (including phenoxy) is 1. The Bertz CT molecular complexity index is 773. The first-order valence-electron chi connectivity index (χ1n) is 8.84. The summed E-state index contributed by atoms with van der Waals surface area (Å²) < 4.78 is 5.42. The van der Waals surface area contributed by atoms with Gasteiger partial charge in [-0.05, 0) is 6.42 Å². The Morgan fingerprint density at radius 3 is 3.15 bits per heavy atom. The number of anilines is 3. The van der Waals surface area contributed by atoms with Gasteiger partial charge in [-0.2, -0.15) is 0 Å². The zero-order valence-electron chi connectivity index (χ0n) is 14.7. The van der Waals surface area contributed by atoms with Gasteiger partial charge >= 0.3 is 0 Å². The van der Waals surface area contributed by atoms with Gasteiger partial charge in [0, 0.05) is 44.4 Å². The molecule has 138 valence electrons. The maximum atomic E-state index is 10.1. The monoisotopic (exact) mass is 357 g/mol. The molecule has 9 nitrogen and oxygen atoms in total. The lowest BCUT2D eigenvalue weighted by Gasteiger charge is -2.26. The van der Waals surface area contributed by atoms with Crippen LogP contribution in [-0.2, 0) is 17.8 Å². The number of aliphatic hydroxyl groups is 1. The van der Waals surface area contributed by atoms with E-state index in [0.29, 0.717) is 38.7 Å². The summed E-state index contributed by atoms with van der Waals surface area (Å²) in [5.41, 5.74) is 2.10. The van der Waals surface area contributed by atoms with E-state index in [1.807, 2.05) is 19.3 Å². The van der Waals surface area contributed by atoms with Gasteiger partial charge in [-0.3, -0.25) is 0 Å². The quantitative estimate of drug-likeness (QED) is 0.702. The van der Waals surface area contributed by atoms with E-state index in [2.05, 4.69) is 35.5 Å². The Morgan fingerprint density at radius 1 is 1.35 bits per heavy atom. The van der Waals surface area contributed by atoms with Crippen molar-refractivity contribution >= 4 is 17.6 Å². The first-order chi connectivity index (χ1) is 12.7. The van der Waals surface area contributed by atoms with Crippen molar-refractivity contribution in [2.75, 3.05) is 42.3 Å². The average Bonchev–Trinajstić information content (AvgIpc) is 3.07. The van der Waals surface area contributed by atoms with Gasteiger partial charge in [0.1, 0.15) is 18.0 Å². The number of nitrogens with zero attached hydrogens (tertiary/aromatic N) is 5. The molecule has 2 aliphatic heterocycles. The Kier molecular flexibility index (Phi) is 4.81. The highest BCUT2D eigenvalue weighted by molar-refractivity contribution is 5.50. The summed E-state index contributed by atoms with van der Waals surface area (Å²) >= 11 is 0. The van der Waals surface area contributed by atoms with Gasteiger partial charge in [-0.15, -0.1) is 0 Å². The first kappa shape index (κ1) is 16.9. The standard InChI is InChI=1S/C17H23N7O2/c1-18-15-5-16(22-10-21-15)24-8-13(25)4-12(24)7-20-17-19-6-11-9-26-3-2-14(11)23-17/h5-6,10,12-13,25H,2-4,7-9H2,1H3,(H,18,21,22)(H,19,20,23)/t12-,13-/m1/s1. The molecule has 0 radical (unpaired) electrons. The number of hydrogen-bond acceptors (Lipinski definition) is 9. The molecule has 0 aliphatic carbocycles. The zero-order valence-corrected chi connectivity index (χ0v) is 14.7. The van der Waals surface area contributed by atoms with Crippen LogP contribution < -0.4 is 15.5 Å². The van der Waals surface area contributed by atoms with E-state index in [1.165, 1.54) is 6.33 Å². The molecule has 0 unspecified atom stereocenters. The number of hydrogen-bond donors (Lipinski definition) is 3. The Labute approximate surface area is 151 Å². The van der Waals surface area contributed by atoms with Crippen LogP contribution in [0.4, 0.5) is 17.6 Å². The predicted octanol–water partition coefficient (Wildman–Crippen LogP) is 0.433. The maximum absolute atomic E-state index is 10.1. The smallest absolute Gasteiger partial charge is 0.222 e. The average molecular weight is 357 g/mol. The summed E-state index contributed by atoms with van der Waals surface area (Å²) in [7, 11) is 1.82. The van der Waals surface area contributed by atoms with Crippen LogP contribution in [0.1, 0.15) is 17.7 Å². The normalized spacial score (nSPS) is 22.2. The largest absolute Gasteiger partial charge is 0.391 e. The van der Waals surface area contributed by atoms with Crippen molar-refractivity contribution in [3.05, 3.63) is 29.8 Å². The first-order valence-corrected chi connectivity index (χ1v) is 8.84. The van der Waals surface area contributed by atoms with Crippen LogP contribution in [0.15, 0.2) is 18.6 Å². The van der Waals surface area contributed by atoms with Gasteiger partial charge < -0.3 is 25.4 Å². The van der Waals surface area contributed by atoms with Crippen molar-refractivity contribution in [3.8, 4) is 0 Å². The molecule has 2 aromatic heterocycles. The lowest BCUT2D eigenvalue weighted by atomic mass is 10.1. The van der Waals surface area contributed by atoms with Crippen molar-refractivity contribution in [2.45, 2.75) is 31.6 Å². The van der Waals surface area contributed by atoms with E-state index >= 15 is 0 Å². The number of rotatable bonds is 5. The molecule has 0 saturated carbocycles. The Balaban J connectivity index is 1.46. The van der Waals surface area contributed by atoms with E-state index in [1.54, 1.807) is 0 Å². The molecule has 0 aromatic carbocycles. The van der Waals surface area contributed by atoms with Crippen LogP contribution in [0.5, 0.6) is 0 Å². The molecule has 0 spiro atoms. The lowest BCUT2D eigenvalue weighted by Crippen LogP contribution is -2.36. The van der Waals surface area contributed by atoms with Crippen LogP contribution in [0, 0.1) is 0 Å². The van der Waals surface area contributed by atoms with Gasteiger partial charge in [0.25, 0.3) is 0 Å². The molecule has 2 aliphatic rings. The molecule has 9 heteroatoms. The number of fused-ring (bicyclic) bond motifs is 1. The summed E-state index contributed by atoms with van der Waals surface area (Å²) in [5.74, 6) is 2.17. The van der Waals surface area contributed by atoms with Gasteiger partial charge in [-0.25, -0.2) is 19.9 Å². The minimum atomic E-state index is -0.378. The summed E-state index contributed by atoms with van der Waals surface area (Å²) in [4.78, 5) is 19.6. The highest BCUT2D eigenvalue weighted by atomic mass is 16.5. The summed E-state index contributed by atoms with van der Waals surface area (Å²) in [5, 5.41) is 16.5. The van der Waals surface area contributed by atoms with Crippen molar-refractivity contribution in [1.82, 2.24) is 19.9 Å². The van der Waals surface area contributed by atoms with Crippen LogP contribution in [-0.4, -0.2) is 63.9 Å². The van der Waals surface area contributed by atoms with Gasteiger partial charge in [0.15, 0.2) is 0 Å². The van der Waals surface area contributed by atoms with Crippen molar-refractivity contribution in [1.29, 1.82) is 0 Å². The second-order valence-corrected chi connectivity index (χ2v) is 6.56. The third kappa shape index (κ3) is 3.54. The minimum absolute atomic E-state index is 0.104. The maximum Gasteiger partial charge on any atom is 0.222 e. The van der Waals surface area contributed by atoms with Crippen LogP contribution >= 0.6 is 0 Å². The molecule has 4 heterocycles. The van der Waals surface area contributed by atoms with E-state index < -0.39 is 0 Å². The van der Waals surface area contributed by atoms with Crippen molar-refractivity contribution in [2.24, 2.45) is 0 Å². The molecule has 1 saturated heterocycles. The summed E-state index contributed by atoms with van der Waals surface area (Å²) in [6, 6.07) is 1.99. The van der Waals surface area contributed by atoms with E-state index in [-0.39, 0.29) is 12.1 Å². The molecule has 0 amide bonds. The van der Waals surface area contributed by atoms with E-state index in [4.69, 9.17) is 4.74 Å². The fraction of sp³-hybridized carbons (Fsp3) is 0.529. The molecule has 4 rings (SSSR count). The van der Waals surface area contributed by atoms with Crippen molar-refractivity contribution in [3.63, 3.8) is 0 Å². The molecule has 26 heavy (non-hydrogen) atoms. The number of β-amino-alcohol motifs (C(OH)–C–C–N with tert-alkyl or cyclic N) is 1. The lowest BCUT2D eigenvalue weighted by molar-refractivity contribution is 0.109. The SMILES string of the molecule is CNc1cc(N2C[C@H](O)C[C@@H]2CNc2ncc3c(n2)CCOC3)ncn1. The van der Waals surface area contributed by atoms with Crippen LogP contribution in [0.2, 0.25) is 0 Å². The van der Waals surface area contributed by atoms with Gasteiger partial charge in [-0.1, -0.05) is 0 Å². The topological polar surface area (TPSA) is 108 Å². The minimum Gasteiger partial charge on any atom is -0.391 e. The predicted molar refractivity (Wildman–Crippen MR) is 97.2 cm³/mol. The van der Waals surface area contributed by atoms with Crippen LogP contribution in [0.3, 0.4) is 0 Å². The zero-order chi connectivity index (χ0) is 17.9. The number of nitrogens with one attached hydrogen (secondary N) is 2. The molecule has 0 bridgehead atoms. The molecule has 1 fully saturated rings. The van der Waals surface area contributed by atoms with E-state index in [0.717, 1.165) is 29.3 Å².